The standard InChI is InChI=1S/C69H56N5O.Pt/c1-45-35-67(70-43-60(45)48-21-17-23-52(36-48)73-61-28-14-11-25-56(61)57-26-12-15-29-62(57)73)74-63-30-16-13-27-58(63)59-33-32-55(42-65(59)74)75-54-24-18-22-51(41-54)71-44-72(53-39-49(68(2,3)4)38-50(40-53)69(5,6)7)66-37-47(31-34-64(66)71)46-19-9-8-10-20-46;/h8-40,43-44H,1-7H3;/q-3;/i1D3,11D,12D,14D,15D,25D,26D,28D,29D;. The molecule has 0 unspecified atom stereocenters. The summed E-state index contributed by atoms with van der Waals surface area (Å²) in [6, 6.07) is 52.4. The summed E-state index contributed by atoms with van der Waals surface area (Å²) >= 11 is 0. The maximum atomic E-state index is 9.03. The first-order chi connectivity index (χ1) is 40.9. The van der Waals surface area contributed by atoms with Gasteiger partial charge in [0.05, 0.1) is 22.0 Å². The number of aryl methyl sites for hydroxylation is 1. The van der Waals surface area contributed by atoms with Gasteiger partial charge in [0.2, 0.25) is 0 Å². The van der Waals surface area contributed by atoms with Gasteiger partial charge in [0.25, 0.3) is 0 Å². The Hall–Kier alpha value is -8.18. The summed E-state index contributed by atoms with van der Waals surface area (Å²) in [5.41, 5.74) is 10.3. The first kappa shape index (κ1) is 37.5. The van der Waals surface area contributed by atoms with Crippen LogP contribution in [0.25, 0.3) is 77.4 Å². The molecule has 0 saturated carbocycles. The molecule has 9 aromatic carbocycles. The summed E-state index contributed by atoms with van der Waals surface area (Å²) < 4.78 is 107. The number of anilines is 4. The molecular weight excluding hydrogens is 1110 g/mol. The molecule has 0 fully saturated rings. The topological polar surface area (TPSA) is 38.5 Å². The van der Waals surface area contributed by atoms with E-state index < -0.39 is 55.2 Å². The molecule has 76 heavy (non-hydrogen) atoms. The second-order valence-electron chi connectivity index (χ2n) is 21.1. The monoisotopic (exact) mass is 1180 g/mol. The van der Waals surface area contributed by atoms with E-state index in [1.165, 1.54) is 28.0 Å². The van der Waals surface area contributed by atoms with Crippen molar-refractivity contribution in [2.45, 2.75) is 59.2 Å². The van der Waals surface area contributed by atoms with Crippen LogP contribution in [0.5, 0.6) is 11.5 Å². The number of hydrogen-bond acceptors (Lipinski definition) is 4. The molecule has 0 radical (unpaired) electrons. The number of rotatable bonds is 8. The molecule has 12 aromatic rings. The molecule has 13 rings (SSSR count). The Labute approximate surface area is 475 Å². The van der Waals surface area contributed by atoms with Gasteiger partial charge in [-0.2, -0.15) is 12.1 Å². The van der Waals surface area contributed by atoms with Crippen LogP contribution in [0.2, 0.25) is 0 Å². The summed E-state index contributed by atoms with van der Waals surface area (Å²) in [5.74, 6) is 1.12. The molecular formula is C69H56N5OPt-3. The predicted molar refractivity (Wildman–Crippen MR) is 312 cm³/mol. The Bertz CT molecular complexity index is 4680. The third kappa shape index (κ3) is 8.55. The van der Waals surface area contributed by atoms with Gasteiger partial charge in [-0.05, 0) is 117 Å². The zero-order chi connectivity index (χ0) is 60.6. The van der Waals surface area contributed by atoms with E-state index >= 15 is 0 Å². The van der Waals surface area contributed by atoms with Gasteiger partial charge in [0.15, 0.2) is 0 Å². The second-order valence-corrected chi connectivity index (χ2v) is 21.1. The fourth-order valence-corrected chi connectivity index (χ4v) is 10.2. The van der Waals surface area contributed by atoms with Crippen molar-refractivity contribution in [1.29, 1.82) is 0 Å². The SMILES string of the molecule is [2H]c1c([2H])c([2H])c2c(c1[2H])c1c([2H])c([2H])c([2H])c([2H])c1n2-c1cccc(-c2cnc(-n3c4[c-]c(Oc5[c-]c(N6[CH-]N(c7cc(C(C)(C)C)cc(C(C)(C)C)c7)c7cc(-c8ccccc8)ccc76)ccc5)ccc4c4ccccc43)cc2C([2H])([2H])[2H])c1.[Pt]. The number of aromatic nitrogens is 3. The number of nitrogens with zero attached hydrogens (tertiary/aromatic N) is 5. The Balaban J connectivity index is 0.00000739. The molecule has 0 amide bonds. The number of para-hydroxylation sites is 3. The molecule has 1 aliphatic rings. The van der Waals surface area contributed by atoms with Crippen molar-refractivity contribution in [2.75, 3.05) is 9.80 Å². The summed E-state index contributed by atoms with van der Waals surface area (Å²) in [7, 11) is 0. The van der Waals surface area contributed by atoms with E-state index in [9.17, 15) is 0 Å². The van der Waals surface area contributed by atoms with Gasteiger partial charge in [0, 0.05) is 87.5 Å². The molecule has 6 nitrogen and oxygen atoms in total. The third-order valence-corrected chi connectivity index (χ3v) is 14.1. The van der Waals surface area contributed by atoms with E-state index in [2.05, 4.69) is 131 Å². The summed E-state index contributed by atoms with van der Waals surface area (Å²) in [5, 5.41) is 1.57. The van der Waals surface area contributed by atoms with Gasteiger partial charge in [-0.25, -0.2) is 4.98 Å². The number of pyridine rings is 1. The molecule has 0 bridgehead atoms. The summed E-state index contributed by atoms with van der Waals surface area (Å²) in [6.07, 6.45) is 1.49. The van der Waals surface area contributed by atoms with Crippen LogP contribution in [0.1, 0.15) is 73.3 Å². The van der Waals surface area contributed by atoms with Crippen LogP contribution in [0, 0.1) is 25.7 Å². The van der Waals surface area contributed by atoms with E-state index in [0.717, 1.165) is 50.2 Å². The van der Waals surface area contributed by atoms with E-state index in [1.807, 2.05) is 65.2 Å². The smallest absolute Gasteiger partial charge is 0.135 e. The van der Waals surface area contributed by atoms with Crippen LogP contribution in [-0.4, -0.2) is 14.1 Å². The molecule has 7 heteroatoms. The van der Waals surface area contributed by atoms with Gasteiger partial charge >= 0.3 is 0 Å². The zero-order valence-electron chi connectivity index (χ0n) is 53.5. The molecule has 0 N–H and O–H groups in total. The molecule has 4 heterocycles. The van der Waals surface area contributed by atoms with E-state index in [1.54, 1.807) is 24.3 Å². The largest absolute Gasteiger partial charge is 0.509 e. The zero-order valence-corrected chi connectivity index (χ0v) is 44.8. The van der Waals surface area contributed by atoms with E-state index in [-0.39, 0.29) is 70.5 Å². The molecule has 0 aliphatic carbocycles. The van der Waals surface area contributed by atoms with Crippen LogP contribution in [0.3, 0.4) is 0 Å². The molecule has 0 saturated heterocycles. The van der Waals surface area contributed by atoms with Crippen molar-refractivity contribution >= 4 is 66.4 Å². The van der Waals surface area contributed by atoms with Crippen LogP contribution < -0.4 is 14.5 Å². The van der Waals surface area contributed by atoms with Crippen LogP contribution in [0.15, 0.2) is 206 Å². The fourth-order valence-electron chi connectivity index (χ4n) is 10.2. The molecule has 1 aliphatic heterocycles. The number of fused-ring (bicyclic) bond motifs is 7. The Morgan fingerprint density at radius 1 is 0.526 bits per heavy atom. The first-order valence-electron chi connectivity index (χ1n) is 30.4. The van der Waals surface area contributed by atoms with Crippen molar-refractivity contribution in [1.82, 2.24) is 14.1 Å². The quantitative estimate of drug-likeness (QED) is 0.142. The fraction of sp³-hybridized carbons (Fsp3) is 0.130. The minimum atomic E-state index is -2.69. The number of ether oxygens (including phenoxy) is 1. The summed E-state index contributed by atoms with van der Waals surface area (Å²) in [6.45, 7) is 12.9. The maximum absolute atomic E-state index is 9.03. The van der Waals surface area contributed by atoms with Crippen molar-refractivity contribution in [3.05, 3.63) is 242 Å². The van der Waals surface area contributed by atoms with Gasteiger partial charge < -0.3 is 23.7 Å². The van der Waals surface area contributed by atoms with Crippen LogP contribution in [-0.2, 0) is 31.9 Å². The van der Waals surface area contributed by atoms with Gasteiger partial charge in [0.1, 0.15) is 5.82 Å². The predicted octanol–water partition coefficient (Wildman–Crippen LogP) is 18.3. The maximum Gasteiger partial charge on any atom is 0.135 e. The van der Waals surface area contributed by atoms with Crippen molar-refractivity contribution in [3.63, 3.8) is 0 Å². The minimum Gasteiger partial charge on any atom is -0.509 e. The van der Waals surface area contributed by atoms with Gasteiger partial charge in [-0.1, -0.05) is 156 Å². The number of hydrogen-bond donors (Lipinski definition) is 0. The molecule has 0 atom stereocenters. The number of benzene rings is 9. The Morgan fingerprint density at radius 3 is 1.95 bits per heavy atom. The van der Waals surface area contributed by atoms with Crippen molar-refractivity contribution < 1.29 is 40.9 Å². The normalized spacial score (nSPS) is 14.9. The first-order valence-corrected chi connectivity index (χ1v) is 24.9. The van der Waals surface area contributed by atoms with Gasteiger partial charge in [-0.15, -0.1) is 48.1 Å². The van der Waals surface area contributed by atoms with Crippen LogP contribution in [0.4, 0.5) is 22.7 Å². The molecule has 376 valence electrons. The summed E-state index contributed by atoms with van der Waals surface area (Å²) in [4.78, 5) is 9.35. The average Bonchev–Trinajstić information content (AvgIpc) is 1.57. The average molecular weight is 1180 g/mol. The van der Waals surface area contributed by atoms with Crippen molar-refractivity contribution in [2.24, 2.45) is 0 Å². The molecule has 0 spiro atoms. The molecule has 3 aromatic heterocycles. The second kappa shape index (κ2) is 18.9. The van der Waals surface area contributed by atoms with Crippen LogP contribution >= 0.6 is 0 Å². The third-order valence-electron chi connectivity index (χ3n) is 14.1. The van der Waals surface area contributed by atoms with Gasteiger partial charge in [-0.3, -0.25) is 0 Å². The van der Waals surface area contributed by atoms with Crippen molar-refractivity contribution in [3.8, 4) is 45.3 Å². The Kier molecular flexibility index (Phi) is 9.32. The minimum absolute atomic E-state index is 0. The van der Waals surface area contributed by atoms with E-state index in [0.29, 0.717) is 28.4 Å². The Morgan fingerprint density at radius 2 is 1.21 bits per heavy atom. The van der Waals surface area contributed by atoms with E-state index in [4.69, 9.17) is 24.8 Å².